The topological polar surface area (TPSA) is 25.2 Å². The van der Waals surface area contributed by atoms with Crippen LogP contribution in [0.3, 0.4) is 0 Å². The number of aliphatic imine (C=N–C) groups is 1. The van der Waals surface area contributed by atoms with Crippen LogP contribution in [0.1, 0.15) is 11.1 Å². The van der Waals surface area contributed by atoms with Crippen LogP contribution in [0.15, 0.2) is 17.3 Å². The van der Waals surface area contributed by atoms with Gasteiger partial charge in [-0.2, -0.15) is 0 Å². The summed E-state index contributed by atoms with van der Waals surface area (Å²) in [5, 5.41) is 0.534. The monoisotopic (exact) mass is 152 g/mol. The molecule has 0 fully saturated rings. The molecular weight excluding hydrogens is 148 g/mol. The molecule has 1 aliphatic heterocycles. The second-order valence-corrected chi connectivity index (χ2v) is 2.56. The lowest BCUT2D eigenvalue weighted by Gasteiger charge is -1.93. The van der Waals surface area contributed by atoms with Crippen molar-refractivity contribution in [1.29, 1.82) is 0 Å². The van der Waals surface area contributed by atoms with Gasteiger partial charge < -0.3 is 0 Å². The first-order chi connectivity index (χ1) is 4.86. The van der Waals surface area contributed by atoms with E-state index >= 15 is 0 Å². The molecule has 2 nitrogen and oxygen atoms in total. The molecule has 2 heterocycles. The largest absolute Gasteiger partial charge is 0.288 e. The Morgan fingerprint density at radius 1 is 1.50 bits per heavy atom. The van der Waals surface area contributed by atoms with E-state index in [4.69, 9.17) is 11.6 Å². The average Bonchev–Trinajstić information content (AvgIpc) is 2.33. The van der Waals surface area contributed by atoms with Crippen LogP contribution in [0.5, 0.6) is 0 Å². The summed E-state index contributed by atoms with van der Waals surface area (Å²) in [6, 6.07) is 1.83. The van der Waals surface area contributed by atoms with E-state index in [0.717, 1.165) is 17.7 Å². The van der Waals surface area contributed by atoms with Gasteiger partial charge in [0, 0.05) is 23.5 Å². The first-order valence-corrected chi connectivity index (χ1v) is 3.38. The van der Waals surface area contributed by atoms with Gasteiger partial charge in [0.25, 0.3) is 0 Å². The van der Waals surface area contributed by atoms with Crippen molar-refractivity contribution in [3.63, 3.8) is 0 Å². The lowest BCUT2D eigenvalue weighted by atomic mass is 10.2. The lowest BCUT2D eigenvalue weighted by molar-refractivity contribution is 1.09. The van der Waals surface area contributed by atoms with Crippen LogP contribution >= 0.6 is 11.6 Å². The zero-order valence-corrected chi connectivity index (χ0v) is 5.97. The molecule has 2 rings (SSSR count). The highest BCUT2D eigenvalue weighted by Crippen LogP contribution is 2.15. The molecule has 10 heavy (non-hydrogen) atoms. The van der Waals surface area contributed by atoms with Crippen molar-refractivity contribution in [1.82, 2.24) is 4.98 Å². The summed E-state index contributed by atoms with van der Waals surface area (Å²) in [5.41, 5.74) is 2.25. The lowest BCUT2D eigenvalue weighted by Crippen LogP contribution is -1.85. The third kappa shape index (κ3) is 0.809. The number of hydrogen-bond donors (Lipinski definition) is 0. The van der Waals surface area contributed by atoms with Gasteiger partial charge in [0.2, 0.25) is 0 Å². The minimum absolute atomic E-state index is 0.534. The number of nitrogens with zero attached hydrogens (tertiary/aromatic N) is 2. The van der Waals surface area contributed by atoms with Crippen LogP contribution in [0.25, 0.3) is 0 Å². The maximum absolute atomic E-state index is 5.65. The molecule has 1 aliphatic rings. The van der Waals surface area contributed by atoms with Crippen molar-refractivity contribution in [2.24, 2.45) is 4.99 Å². The average molecular weight is 153 g/mol. The number of aromatic nitrogens is 1. The van der Waals surface area contributed by atoms with Gasteiger partial charge in [0.15, 0.2) is 0 Å². The highest BCUT2D eigenvalue weighted by Gasteiger charge is 2.05. The van der Waals surface area contributed by atoms with Crippen molar-refractivity contribution in [2.75, 3.05) is 0 Å². The van der Waals surface area contributed by atoms with Crippen molar-refractivity contribution >= 4 is 17.8 Å². The van der Waals surface area contributed by atoms with Gasteiger partial charge in [-0.25, -0.2) is 4.98 Å². The van der Waals surface area contributed by atoms with Gasteiger partial charge in [-0.05, 0) is 6.07 Å². The molecule has 0 amide bonds. The first kappa shape index (κ1) is 5.86. The normalized spacial score (nSPS) is 13.7. The Labute approximate surface area is 63.6 Å². The Balaban J connectivity index is 2.60. The van der Waals surface area contributed by atoms with Crippen molar-refractivity contribution in [3.8, 4) is 0 Å². The fourth-order valence-electron chi connectivity index (χ4n) is 0.967. The number of rotatable bonds is 0. The van der Waals surface area contributed by atoms with Crippen molar-refractivity contribution in [2.45, 2.75) is 6.54 Å². The summed E-state index contributed by atoms with van der Waals surface area (Å²) < 4.78 is 0. The zero-order valence-electron chi connectivity index (χ0n) is 5.21. The van der Waals surface area contributed by atoms with Crippen molar-refractivity contribution in [3.05, 3.63) is 28.5 Å². The smallest absolute Gasteiger partial charge is 0.129 e. The maximum atomic E-state index is 5.65. The number of fused-ring (bicyclic) bond motifs is 1. The summed E-state index contributed by atoms with van der Waals surface area (Å²) >= 11 is 5.65. The maximum Gasteiger partial charge on any atom is 0.129 e. The van der Waals surface area contributed by atoms with E-state index in [1.165, 1.54) is 0 Å². The first-order valence-electron chi connectivity index (χ1n) is 3.00. The molecule has 0 bridgehead atoms. The molecule has 0 aliphatic carbocycles. The summed E-state index contributed by atoms with van der Waals surface area (Å²) in [7, 11) is 0. The van der Waals surface area contributed by atoms with E-state index in [1.54, 1.807) is 6.20 Å². The molecule has 50 valence electrons. The molecule has 1 aromatic rings. The Hall–Kier alpha value is -0.890. The fraction of sp³-hybridized carbons (Fsp3) is 0.143. The Bertz CT molecular complexity index is 294. The molecule has 0 atom stereocenters. The SMILES string of the molecule is Clc1cc2c(cn1)CN=C2. The molecule has 3 heteroatoms. The zero-order chi connectivity index (χ0) is 6.97. The molecule has 0 aromatic carbocycles. The van der Waals surface area contributed by atoms with Gasteiger partial charge >= 0.3 is 0 Å². The van der Waals surface area contributed by atoms with E-state index in [9.17, 15) is 0 Å². The summed E-state index contributed by atoms with van der Waals surface area (Å²) in [4.78, 5) is 8.00. The highest BCUT2D eigenvalue weighted by molar-refractivity contribution is 6.29. The van der Waals surface area contributed by atoms with Gasteiger partial charge in [-0.3, -0.25) is 4.99 Å². The van der Waals surface area contributed by atoms with Gasteiger partial charge in [-0.1, -0.05) is 11.6 Å². The fourth-order valence-corrected chi connectivity index (χ4v) is 1.13. The second kappa shape index (κ2) is 2.06. The van der Waals surface area contributed by atoms with E-state index in [0.29, 0.717) is 5.15 Å². The van der Waals surface area contributed by atoms with Gasteiger partial charge in [-0.15, -0.1) is 0 Å². The molecule has 0 radical (unpaired) electrons. The van der Waals surface area contributed by atoms with Gasteiger partial charge in [0.05, 0.1) is 6.54 Å². The van der Waals surface area contributed by atoms with Crippen LogP contribution < -0.4 is 0 Å². The molecule has 0 unspecified atom stereocenters. The second-order valence-electron chi connectivity index (χ2n) is 2.18. The predicted molar refractivity (Wildman–Crippen MR) is 40.5 cm³/mol. The van der Waals surface area contributed by atoms with Crippen LogP contribution in [0.4, 0.5) is 0 Å². The summed E-state index contributed by atoms with van der Waals surface area (Å²) in [5.74, 6) is 0. The van der Waals surface area contributed by atoms with E-state index < -0.39 is 0 Å². The molecule has 0 N–H and O–H groups in total. The Morgan fingerprint density at radius 3 is 3.30 bits per heavy atom. The number of halogens is 1. The standard InChI is InChI=1S/C7H5ClN2/c8-7-1-5-2-9-3-6(5)4-10-7/h1-2,4H,3H2. The third-order valence-electron chi connectivity index (χ3n) is 1.48. The molecule has 0 saturated heterocycles. The summed E-state index contributed by atoms with van der Waals surface area (Å²) in [6.45, 7) is 0.750. The quantitative estimate of drug-likeness (QED) is 0.519. The van der Waals surface area contributed by atoms with E-state index in [1.807, 2.05) is 12.3 Å². The minimum Gasteiger partial charge on any atom is -0.288 e. The van der Waals surface area contributed by atoms with Crippen LogP contribution in [-0.4, -0.2) is 11.2 Å². The molecular formula is C7H5ClN2. The molecule has 0 saturated carbocycles. The summed E-state index contributed by atoms with van der Waals surface area (Å²) in [6.07, 6.45) is 3.59. The third-order valence-corrected chi connectivity index (χ3v) is 1.69. The van der Waals surface area contributed by atoms with Crippen LogP contribution in [0, 0.1) is 0 Å². The highest BCUT2D eigenvalue weighted by atomic mass is 35.5. The van der Waals surface area contributed by atoms with E-state index in [2.05, 4.69) is 9.98 Å². The molecule has 0 spiro atoms. The van der Waals surface area contributed by atoms with Gasteiger partial charge in [0.1, 0.15) is 5.15 Å². The van der Waals surface area contributed by atoms with Crippen LogP contribution in [0.2, 0.25) is 5.15 Å². The Kier molecular flexibility index (Phi) is 1.21. The molecule has 1 aromatic heterocycles. The number of pyridine rings is 1. The van der Waals surface area contributed by atoms with Crippen LogP contribution in [-0.2, 0) is 6.54 Å². The Morgan fingerprint density at radius 2 is 2.40 bits per heavy atom. The number of hydrogen-bond acceptors (Lipinski definition) is 2. The van der Waals surface area contributed by atoms with Crippen molar-refractivity contribution < 1.29 is 0 Å². The predicted octanol–water partition coefficient (Wildman–Crippen LogP) is 1.67. The minimum atomic E-state index is 0.534. The van der Waals surface area contributed by atoms with E-state index in [-0.39, 0.29) is 0 Å².